The predicted molar refractivity (Wildman–Crippen MR) is 123 cm³/mol. The number of amides is 1. The first-order chi connectivity index (χ1) is 15.8. The van der Waals surface area contributed by atoms with E-state index in [1.165, 1.54) is 12.0 Å². The average molecular weight is 452 g/mol. The Morgan fingerprint density at radius 2 is 1.97 bits per heavy atom. The van der Waals surface area contributed by atoms with Crippen LogP contribution in [-0.4, -0.2) is 54.2 Å². The third-order valence-corrected chi connectivity index (χ3v) is 5.82. The summed E-state index contributed by atoms with van der Waals surface area (Å²) in [5, 5.41) is 11.3. The van der Waals surface area contributed by atoms with Gasteiger partial charge in [-0.3, -0.25) is 9.59 Å². The Bertz CT molecular complexity index is 1110. The second-order valence-corrected chi connectivity index (χ2v) is 8.64. The molecule has 7 nitrogen and oxygen atoms in total. The molecule has 0 saturated carbocycles. The molecule has 2 atom stereocenters. The highest BCUT2D eigenvalue weighted by Crippen LogP contribution is 2.43. The molecule has 0 bridgehead atoms. The van der Waals surface area contributed by atoms with Crippen LogP contribution >= 0.6 is 0 Å². The molecule has 1 amide bonds. The summed E-state index contributed by atoms with van der Waals surface area (Å²) in [7, 11) is 1.54. The number of likely N-dealkylation sites (tertiary alicyclic amines) is 1. The summed E-state index contributed by atoms with van der Waals surface area (Å²) in [5.41, 5.74) is 2.12. The van der Waals surface area contributed by atoms with Crippen molar-refractivity contribution in [1.29, 1.82) is 0 Å². The van der Waals surface area contributed by atoms with E-state index in [9.17, 15) is 14.7 Å². The molecule has 2 aromatic carbocycles. The fourth-order valence-corrected chi connectivity index (χ4v) is 4.42. The molecule has 4 rings (SSSR count). The van der Waals surface area contributed by atoms with Crippen molar-refractivity contribution in [2.45, 2.75) is 45.4 Å². The molecule has 2 unspecified atom stereocenters. The number of aliphatic hydroxyl groups is 1. The zero-order valence-electron chi connectivity index (χ0n) is 19.3. The Hall–Kier alpha value is -3.32. The highest BCUT2D eigenvalue weighted by atomic mass is 16.5. The van der Waals surface area contributed by atoms with Crippen LogP contribution in [0.4, 0.5) is 0 Å². The standard InChI is InChI=1S/C26H29NO6/c1-15(2)32-21-8-6-5-7-19(21)23-22(25(29)26(30)27(23)11-12-31-4)24(28)17-9-10-20-18(14-17)13-16(3)33-20/h5-10,14-16,23,28H,11-13H2,1-4H3/b24-22+. The second-order valence-electron chi connectivity index (χ2n) is 8.64. The van der Waals surface area contributed by atoms with Crippen molar-refractivity contribution in [3.05, 3.63) is 64.7 Å². The van der Waals surface area contributed by atoms with Crippen LogP contribution in [0.2, 0.25) is 0 Å². The highest BCUT2D eigenvalue weighted by molar-refractivity contribution is 6.46. The molecule has 0 spiro atoms. The third kappa shape index (κ3) is 4.33. The zero-order valence-corrected chi connectivity index (χ0v) is 19.3. The molecule has 0 radical (unpaired) electrons. The highest BCUT2D eigenvalue weighted by Gasteiger charge is 2.47. The summed E-state index contributed by atoms with van der Waals surface area (Å²) in [4.78, 5) is 27.6. The monoisotopic (exact) mass is 451 g/mol. The van der Waals surface area contributed by atoms with Crippen LogP contribution in [0.3, 0.4) is 0 Å². The van der Waals surface area contributed by atoms with Crippen LogP contribution in [0.25, 0.3) is 5.76 Å². The number of para-hydroxylation sites is 1. The van der Waals surface area contributed by atoms with Crippen LogP contribution in [-0.2, 0) is 20.7 Å². The number of benzene rings is 2. The van der Waals surface area contributed by atoms with Gasteiger partial charge in [0.05, 0.1) is 24.3 Å². The van der Waals surface area contributed by atoms with Gasteiger partial charge in [-0.05, 0) is 50.6 Å². The van der Waals surface area contributed by atoms with E-state index in [4.69, 9.17) is 14.2 Å². The number of ketones is 1. The number of fused-ring (bicyclic) bond motifs is 1. The lowest BCUT2D eigenvalue weighted by Gasteiger charge is -2.27. The van der Waals surface area contributed by atoms with Gasteiger partial charge >= 0.3 is 0 Å². The van der Waals surface area contributed by atoms with Crippen molar-refractivity contribution < 1.29 is 28.9 Å². The second kappa shape index (κ2) is 9.27. The summed E-state index contributed by atoms with van der Waals surface area (Å²) >= 11 is 0. The Morgan fingerprint density at radius 1 is 1.21 bits per heavy atom. The molecule has 0 aliphatic carbocycles. The Labute approximate surface area is 193 Å². The quantitative estimate of drug-likeness (QED) is 0.391. The molecule has 1 fully saturated rings. The van der Waals surface area contributed by atoms with Crippen LogP contribution in [0.1, 0.15) is 43.5 Å². The minimum atomic E-state index is -0.793. The minimum absolute atomic E-state index is 0.0443. The Morgan fingerprint density at radius 3 is 2.70 bits per heavy atom. The van der Waals surface area contributed by atoms with E-state index < -0.39 is 17.7 Å². The number of nitrogens with zero attached hydrogens (tertiary/aromatic N) is 1. The van der Waals surface area contributed by atoms with Crippen molar-refractivity contribution in [2.24, 2.45) is 0 Å². The topological polar surface area (TPSA) is 85.3 Å². The predicted octanol–water partition coefficient (Wildman–Crippen LogP) is 3.87. The van der Waals surface area contributed by atoms with E-state index in [0.717, 1.165) is 11.3 Å². The maximum absolute atomic E-state index is 13.2. The first-order valence-corrected chi connectivity index (χ1v) is 11.1. The van der Waals surface area contributed by atoms with Gasteiger partial charge in [0.2, 0.25) is 0 Å². The fourth-order valence-electron chi connectivity index (χ4n) is 4.42. The number of rotatable bonds is 7. The smallest absolute Gasteiger partial charge is 0.295 e. The molecular weight excluding hydrogens is 422 g/mol. The number of hydrogen-bond acceptors (Lipinski definition) is 6. The van der Waals surface area contributed by atoms with Crippen LogP contribution < -0.4 is 9.47 Å². The van der Waals surface area contributed by atoms with E-state index in [1.807, 2.05) is 45.0 Å². The minimum Gasteiger partial charge on any atom is -0.507 e. The van der Waals surface area contributed by atoms with Crippen LogP contribution in [0, 0.1) is 0 Å². The summed E-state index contributed by atoms with van der Waals surface area (Å²) in [5.74, 6) is -0.273. The Kier molecular flexibility index (Phi) is 6.42. The number of methoxy groups -OCH3 is 1. The SMILES string of the molecule is COCCN1C(=O)C(=O)/C(=C(/O)c2ccc3c(c2)CC(C)O3)C1c1ccccc1OC(C)C. The summed E-state index contributed by atoms with van der Waals surface area (Å²) < 4.78 is 16.9. The van der Waals surface area contributed by atoms with Crippen molar-refractivity contribution in [3.8, 4) is 11.5 Å². The molecule has 7 heteroatoms. The first kappa shape index (κ1) is 22.9. The molecule has 0 aromatic heterocycles. The van der Waals surface area contributed by atoms with Crippen molar-refractivity contribution in [2.75, 3.05) is 20.3 Å². The van der Waals surface area contributed by atoms with Gasteiger partial charge in [-0.25, -0.2) is 0 Å². The fraction of sp³-hybridized carbons (Fsp3) is 0.385. The molecule has 174 valence electrons. The molecule has 33 heavy (non-hydrogen) atoms. The lowest BCUT2D eigenvalue weighted by molar-refractivity contribution is -0.140. The van der Waals surface area contributed by atoms with E-state index in [2.05, 4.69) is 0 Å². The first-order valence-electron chi connectivity index (χ1n) is 11.1. The zero-order chi connectivity index (χ0) is 23.7. The summed E-state index contributed by atoms with van der Waals surface area (Å²) in [6.07, 6.45) is 0.663. The lowest BCUT2D eigenvalue weighted by Crippen LogP contribution is -2.33. The third-order valence-electron chi connectivity index (χ3n) is 5.82. The number of carbonyl (C=O) groups excluding carboxylic acids is 2. The maximum atomic E-state index is 13.2. The molecule has 2 aliphatic rings. The van der Waals surface area contributed by atoms with Gasteiger partial charge in [0.1, 0.15) is 23.4 Å². The molecule has 1 N–H and O–H groups in total. The maximum Gasteiger partial charge on any atom is 0.295 e. The number of ether oxygens (including phenoxy) is 3. The van der Waals surface area contributed by atoms with E-state index in [1.54, 1.807) is 18.2 Å². The van der Waals surface area contributed by atoms with Gasteiger partial charge < -0.3 is 24.2 Å². The number of Topliss-reactive ketones (excluding diaryl/α,β-unsaturated/α-hetero) is 1. The molecule has 1 saturated heterocycles. The van der Waals surface area contributed by atoms with E-state index in [0.29, 0.717) is 23.3 Å². The molecule has 2 aliphatic heterocycles. The number of aliphatic hydroxyl groups excluding tert-OH is 1. The molecule has 2 heterocycles. The molecular formula is C26H29NO6. The van der Waals surface area contributed by atoms with Crippen LogP contribution in [0.5, 0.6) is 11.5 Å². The average Bonchev–Trinajstić information content (AvgIpc) is 3.27. The molecule has 2 aromatic rings. The summed E-state index contributed by atoms with van der Waals surface area (Å²) in [6, 6.07) is 11.8. The van der Waals surface area contributed by atoms with Gasteiger partial charge in [-0.2, -0.15) is 0 Å². The lowest BCUT2D eigenvalue weighted by atomic mass is 9.94. The number of hydrogen-bond donors (Lipinski definition) is 1. The van der Waals surface area contributed by atoms with Crippen LogP contribution in [0.15, 0.2) is 48.0 Å². The largest absolute Gasteiger partial charge is 0.507 e. The van der Waals surface area contributed by atoms with E-state index in [-0.39, 0.29) is 36.7 Å². The normalized spacial score (nSPS) is 21.4. The van der Waals surface area contributed by atoms with Crippen molar-refractivity contribution >= 4 is 17.4 Å². The van der Waals surface area contributed by atoms with Gasteiger partial charge in [-0.1, -0.05) is 18.2 Å². The van der Waals surface area contributed by atoms with Crippen molar-refractivity contribution in [3.63, 3.8) is 0 Å². The summed E-state index contributed by atoms with van der Waals surface area (Å²) in [6.45, 7) is 6.25. The van der Waals surface area contributed by atoms with Gasteiger partial charge in [-0.15, -0.1) is 0 Å². The van der Waals surface area contributed by atoms with Gasteiger partial charge in [0, 0.05) is 31.2 Å². The Balaban J connectivity index is 1.86. The van der Waals surface area contributed by atoms with Gasteiger partial charge in [0.25, 0.3) is 11.7 Å². The van der Waals surface area contributed by atoms with Crippen molar-refractivity contribution in [1.82, 2.24) is 4.90 Å². The van der Waals surface area contributed by atoms with E-state index >= 15 is 0 Å². The van der Waals surface area contributed by atoms with Gasteiger partial charge in [0.15, 0.2) is 0 Å². The number of carbonyl (C=O) groups is 2.